The summed E-state index contributed by atoms with van der Waals surface area (Å²) in [5.74, 6) is -0.209. The number of nitrogens with one attached hydrogen (secondary N) is 1. The molecule has 0 spiro atoms. The predicted molar refractivity (Wildman–Crippen MR) is 150 cm³/mol. The number of fused-ring (bicyclic) bond motifs is 2. The molecule has 0 aromatic carbocycles. The normalized spacial score (nSPS) is 29.4. The maximum Gasteiger partial charge on any atom is 0.582 e. The number of aromatic nitrogens is 10. The van der Waals surface area contributed by atoms with Gasteiger partial charge >= 0.3 is 7.23 Å². The van der Waals surface area contributed by atoms with Gasteiger partial charge in [-0.1, -0.05) is 10.4 Å². The van der Waals surface area contributed by atoms with E-state index in [0.717, 1.165) is 15.7 Å². The highest BCUT2D eigenvalue weighted by atomic mass is 32.7. The minimum absolute atomic E-state index is 0.00826. The van der Waals surface area contributed by atoms with Crippen molar-refractivity contribution in [3.63, 3.8) is 0 Å². The maximum atomic E-state index is 15.7. The number of nitrogens with two attached hydrogens (primary N) is 2. The van der Waals surface area contributed by atoms with E-state index in [1.165, 1.54) is 0 Å². The van der Waals surface area contributed by atoms with Crippen molar-refractivity contribution in [3.05, 3.63) is 16.7 Å². The van der Waals surface area contributed by atoms with E-state index in [0.29, 0.717) is 0 Å². The predicted octanol–water partition coefficient (Wildman–Crippen LogP) is -0.911. The fraction of sp³-hybridized carbons (Fsp3) is 0.556. The van der Waals surface area contributed by atoms with Crippen molar-refractivity contribution in [2.45, 2.75) is 49.0 Å². The lowest BCUT2D eigenvalue weighted by Crippen LogP contribution is -2.33. The summed E-state index contributed by atoms with van der Waals surface area (Å²) in [6, 6.07) is 0. The summed E-state index contributed by atoms with van der Waals surface area (Å²) in [6.07, 6.45) is -7.05. The first-order valence-corrected chi connectivity index (χ1v) is 17.3. The number of hydrogen-bond acceptors (Lipinski definition) is 17. The number of ether oxygens (including phenoxy) is 2. The van der Waals surface area contributed by atoms with E-state index in [2.05, 4.69) is 52.8 Å². The average Bonchev–Trinajstić information content (AvgIpc) is 3.73. The zero-order chi connectivity index (χ0) is 30.6. The zero-order valence-corrected chi connectivity index (χ0v) is 24.9. The van der Waals surface area contributed by atoms with Crippen molar-refractivity contribution in [2.75, 3.05) is 24.7 Å². The second-order valence-corrected chi connectivity index (χ2v) is 14.7. The van der Waals surface area contributed by atoms with Crippen LogP contribution in [0.2, 0.25) is 0 Å². The molecule has 4 aromatic rings. The summed E-state index contributed by atoms with van der Waals surface area (Å²) >= 11 is 9.23. The molecule has 2 saturated heterocycles. The number of thiol groups is 1. The van der Waals surface area contributed by atoms with E-state index in [1.54, 1.807) is 0 Å². The maximum absolute atomic E-state index is 15.7. The van der Waals surface area contributed by atoms with Crippen LogP contribution in [0.4, 0.5) is 16.2 Å². The Hall–Kier alpha value is -2.85. The van der Waals surface area contributed by atoms with Gasteiger partial charge in [0, 0.05) is 0 Å². The van der Waals surface area contributed by atoms with Crippen LogP contribution in [-0.2, 0) is 34.9 Å². The quantitative estimate of drug-likeness (QED) is 0.0922. The number of nitrogens with zero attached hydrogens (tertiary/aromatic N) is 9. The van der Waals surface area contributed by atoms with Gasteiger partial charge in [-0.3, -0.25) is 9.78 Å². The van der Waals surface area contributed by atoms with Gasteiger partial charge in [0.1, 0.15) is 24.7 Å². The number of halogens is 1. The van der Waals surface area contributed by atoms with E-state index in [1.807, 2.05) is 0 Å². The number of aliphatic hydroxyl groups is 1. The summed E-state index contributed by atoms with van der Waals surface area (Å²) < 4.78 is 52.4. The topological polar surface area (TPSA) is 279 Å². The summed E-state index contributed by atoms with van der Waals surface area (Å²) in [7, 11) is -2.60. The molecule has 230 valence electrons. The number of aromatic amines is 1. The number of alkyl halides is 1. The molecule has 9 unspecified atom stereocenters. The highest BCUT2D eigenvalue weighted by Crippen LogP contribution is 2.58. The van der Waals surface area contributed by atoms with Gasteiger partial charge in [0.15, 0.2) is 59.4 Å². The Kier molecular flexibility index (Phi) is 8.13. The lowest BCUT2D eigenvalue weighted by atomic mass is 10.1. The molecule has 0 radical (unpaired) electrons. The first-order chi connectivity index (χ1) is 20.5. The molecule has 6 rings (SSSR count). The Morgan fingerprint density at radius 3 is 2.65 bits per heavy atom. The lowest BCUT2D eigenvalue weighted by molar-refractivity contribution is -0.0455. The van der Waals surface area contributed by atoms with Crippen LogP contribution in [0.15, 0.2) is 11.1 Å². The van der Waals surface area contributed by atoms with Gasteiger partial charge in [-0.2, -0.15) is 14.3 Å². The summed E-state index contributed by atoms with van der Waals surface area (Å²) in [5, 5.41) is 25.3. The van der Waals surface area contributed by atoms with Gasteiger partial charge in [0.25, 0.3) is 5.56 Å². The number of H-pyrrole nitrogens is 1. The van der Waals surface area contributed by atoms with Crippen molar-refractivity contribution in [2.24, 2.45) is 0 Å². The molecule has 43 heavy (non-hydrogen) atoms. The molecule has 6 heterocycles. The molecule has 0 saturated carbocycles. The fourth-order valence-electron chi connectivity index (χ4n) is 4.87. The molecule has 7 N–H and O–H groups in total. The molecular weight excluding hydrogens is 657 g/mol. The lowest BCUT2D eigenvalue weighted by Gasteiger charge is -2.27. The van der Waals surface area contributed by atoms with Crippen LogP contribution in [0.5, 0.6) is 0 Å². The molecule has 2 fully saturated rings. The van der Waals surface area contributed by atoms with E-state index in [4.69, 9.17) is 41.8 Å². The van der Waals surface area contributed by atoms with E-state index >= 15 is 4.39 Å². The largest absolute Gasteiger partial charge is 0.582 e. The van der Waals surface area contributed by atoms with Crippen LogP contribution in [0.1, 0.15) is 18.9 Å². The number of anilines is 2. The second kappa shape index (κ2) is 11.6. The van der Waals surface area contributed by atoms with Gasteiger partial charge in [-0.05, 0) is 22.8 Å². The van der Waals surface area contributed by atoms with Crippen LogP contribution in [0, 0.1) is 0 Å². The molecular formula is C18H22FN12O8P2S2+. The van der Waals surface area contributed by atoms with Crippen molar-refractivity contribution in [1.29, 1.82) is 0 Å². The molecule has 2 aliphatic heterocycles. The summed E-state index contributed by atoms with van der Waals surface area (Å²) in [6.45, 7) is -4.88. The van der Waals surface area contributed by atoms with Crippen LogP contribution >= 0.6 is 26.0 Å². The third-order valence-corrected chi connectivity index (χ3v) is 10.5. The molecule has 0 bridgehead atoms. The Bertz CT molecular complexity index is 1810. The molecule has 0 aliphatic carbocycles. The highest BCUT2D eigenvalue weighted by Gasteiger charge is 2.53. The fourth-order valence-corrected chi connectivity index (χ4v) is 7.99. The minimum Gasteiger partial charge on any atom is -0.394 e. The van der Waals surface area contributed by atoms with Crippen molar-refractivity contribution in [1.82, 2.24) is 49.9 Å². The van der Waals surface area contributed by atoms with E-state index in [-0.39, 0.29) is 40.5 Å². The summed E-state index contributed by atoms with van der Waals surface area (Å²) in [5.41, 5.74) is 9.78. The smallest absolute Gasteiger partial charge is 0.394 e. The third kappa shape index (κ3) is 5.50. The SMILES string of the molecule is Nc1nc2c(nnn2C2OC(CO)CC2P(O)(=S)OCC2OC(n3nnc4c(N)ncnc43)C(F)C2O[P+](=O)S)c(=O)[nH]1. The monoisotopic (exact) mass is 679 g/mol. The van der Waals surface area contributed by atoms with Gasteiger partial charge in [-0.15, -0.1) is 14.7 Å². The van der Waals surface area contributed by atoms with Crippen LogP contribution in [0.3, 0.4) is 0 Å². The van der Waals surface area contributed by atoms with Crippen LogP contribution in [0.25, 0.3) is 22.3 Å². The van der Waals surface area contributed by atoms with E-state index in [9.17, 15) is 19.4 Å². The van der Waals surface area contributed by atoms with Crippen molar-refractivity contribution >= 4 is 71.9 Å². The first-order valence-electron chi connectivity index (χ1n) is 12.3. The standard InChI is InChI=1S/C18H21FN12O8P2S2/c19-8-11(39-40(34)42)6(38-17(8)30-13-9(26-28-30)12(20)22-4-23-13)3-36-41(35,43)7-1-5(2-32)37-16(7)31-14-10(27-29-31)15(33)25-18(21)24-14/h4-8,11,16-17,32H,1-3H2,(H6-,20,21,22,23,24,25,28,29,33,34,35,42,43)/p+1. The Morgan fingerprint density at radius 2 is 1.93 bits per heavy atom. The van der Waals surface area contributed by atoms with Gasteiger partial charge in [0.2, 0.25) is 5.95 Å². The van der Waals surface area contributed by atoms with Crippen LogP contribution in [-0.4, -0.2) is 103 Å². The van der Waals surface area contributed by atoms with Crippen molar-refractivity contribution in [3.8, 4) is 0 Å². The third-order valence-electron chi connectivity index (χ3n) is 6.82. The average molecular weight is 680 g/mol. The first kappa shape index (κ1) is 30.2. The number of nitrogen functional groups attached to an aromatic ring is 2. The molecule has 20 nitrogen and oxygen atoms in total. The minimum atomic E-state index is -3.91. The van der Waals surface area contributed by atoms with Gasteiger partial charge in [0.05, 0.1) is 25.0 Å². The summed E-state index contributed by atoms with van der Waals surface area (Å²) in [4.78, 5) is 37.9. The molecule has 0 amide bonds. The number of rotatable bonds is 9. The van der Waals surface area contributed by atoms with Gasteiger partial charge < -0.3 is 35.5 Å². The Labute approximate surface area is 249 Å². The molecule has 4 aromatic heterocycles. The molecule has 25 heteroatoms. The highest BCUT2D eigenvalue weighted by molar-refractivity contribution is 8.39. The molecule has 9 atom stereocenters. The Morgan fingerprint density at radius 1 is 1.21 bits per heavy atom. The Balaban J connectivity index is 1.26. The van der Waals surface area contributed by atoms with Crippen LogP contribution < -0.4 is 17.0 Å². The molecule has 2 aliphatic rings. The second-order valence-electron chi connectivity index (χ2n) is 9.43. The number of aliphatic hydroxyl groups excluding tert-OH is 1. The zero-order valence-electron chi connectivity index (χ0n) is 21.4. The van der Waals surface area contributed by atoms with E-state index < -0.39 is 75.1 Å². The van der Waals surface area contributed by atoms with Crippen molar-refractivity contribution < 1.29 is 37.5 Å². The number of hydrogen-bond donors (Lipinski definition) is 6. The van der Waals surface area contributed by atoms with Gasteiger partial charge in [-0.25, -0.2) is 14.4 Å².